The number of hydrogen-bond donors (Lipinski definition) is 4. The number of aliphatic hydroxyl groups excluding tert-OH is 1. The molecule has 1 heterocycles. The lowest BCUT2D eigenvalue weighted by Crippen LogP contribution is -2.42. The van der Waals surface area contributed by atoms with Gasteiger partial charge in [-0.05, 0) is 13.5 Å². The molecule has 9 nitrogen and oxygen atoms in total. The van der Waals surface area contributed by atoms with Crippen LogP contribution in [0.3, 0.4) is 0 Å². The smallest absolute Gasteiger partial charge is 0.366 e. The number of unbranched alkanes of at least 4 members (excludes halogenated alkanes) is 14. The molecule has 0 radical (unpaired) electrons. The van der Waals surface area contributed by atoms with E-state index >= 15 is 0 Å². The average molecular weight is 512 g/mol. The second-order valence-electron chi connectivity index (χ2n) is 8.57. The van der Waals surface area contributed by atoms with Crippen LogP contribution in [0.25, 0.3) is 0 Å². The topological polar surface area (TPSA) is 146 Å². The molecule has 1 rings (SSSR count). The van der Waals surface area contributed by atoms with E-state index in [2.05, 4.69) is 21.8 Å². The summed E-state index contributed by atoms with van der Waals surface area (Å²) in [5, 5.41) is 19.1. The lowest BCUT2D eigenvalue weighted by molar-refractivity contribution is -0.0873. The van der Waals surface area contributed by atoms with Crippen molar-refractivity contribution in [2.24, 2.45) is 10.7 Å². The van der Waals surface area contributed by atoms with Crippen LogP contribution in [0.4, 0.5) is 0 Å². The van der Waals surface area contributed by atoms with Gasteiger partial charge in [0.25, 0.3) is 0 Å². The van der Waals surface area contributed by atoms with Gasteiger partial charge in [0.1, 0.15) is 0 Å². The number of hydrogen-bond acceptors (Lipinski definition) is 8. The summed E-state index contributed by atoms with van der Waals surface area (Å²) in [6.45, 7) is 3.88. The van der Waals surface area contributed by atoms with Gasteiger partial charge < -0.3 is 20.8 Å². The molecule has 10 heteroatoms. The zero-order valence-electron chi connectivity index (χ0n) is 21.9. The maximum Gasteiger partial charge on any atom is 0.397 e. The third-order valence-electron chi connectivity index (χ3n) is 5.80. The molecule has 34 heavy (non-hydrogen) atoms. The second-order valence-corrected chi connectivity index (χ2v) is 9.76. The highest BCUT2D eigenvalue weighted by atomic mass is 32.3. The minimum absolute atomic E-state index is 0.178. The van der Waals surface area contributed by atoms with Gasteiger partial charge in [0.05, 0.1) is 26.0 Å². The normalized spacial score (nSPS) is 13.9. The quantitative estimate of drug-likeness (QED) is 0.114. The summed E-state index contributed by atoms with van der Waals surface area (Å²) in [5.41, 5.74) is 4.50. The first-order chi connectivity index (χ1) is 16.3. The molecular weight excluding hydrogens is 458 g/mol. The van der Waals surface area contributed by atoms with Crippen LogP contribution in [0.1, 0.15) is 110 Å². The van der Waals surface area contributed by atoms with Crippen molar-refractivity contribution in [1.29, 1.82) is 0 Å². The zero-order chi connectivity index (χ0) is 26.1. The first kappa shape index (κ1) is 35.4. The van der Waals surface area contributed by atoms with Gasteiger partial charge in [-0.15, -0.1) is 0 Å². The van der Waals surface area contributed by atoms with E-state index in [9.17, 15) is 18.6 Å². The van der Waals surface area contributed by atoms with Crippen molar-refractivity contribution in [1.82, 2.24) is 4.90 Å². The Bertz CT molecular complexity index is 547. The van der Waals surface area contributed by atoms with Crippen molar-refractivity contribution < 1.29 is 27.4 Å². The number of aliphatic hydroxyl groups is 2. The van der Waals surface area contributed by atoms with Crippen molar-refractivity contribution in [2.75, 3.05) is 27.2 Å². The van der Waals surface area contributed by atoms with Crippen molar-refractivity contribution in [3.8, 4) is 0 Å². The van der Waals surface area contributed by atoms with Gasteiger partial charge in [-0.3, -0.25) is 13.7 Å². The van der Waals surface area contributed by atoms with Gasteiger partial charge in [0.2, 0.25) is 0 Å². The minimum atomic E-state index is -4.16. The summed E-state index contributed by atoms with van der Waals surface area (Å²) in [6.07, 6.45) is 21.7. The molecule has 1 aliphatic heterocycles. The van der Waals surface area contributed by atoms with Gasteiger partial charge in [-0.1, -0.05) is 103 Å². The van der Waals surface area contributed by atoms with Gasteiger partial charge in [0.15, 0.2) is 6.29 Å². The maximum atomic E-state index is 9.54. The van der Waals surface area contributed by atoms with Crippen LogP contribution in [-0.2, 0) is 14.6 Å². The van der Waals surface area contributed by atoms with Gasteiger partial charge >= 0.3 is 10.4 Å². The van der Waals surface area contributed by atoms with Crippen molar-refractivity contribution in [3.05, 3.63) is 0 Å². The van der Waals surface area contributed by atoms with E-state index in [0.717, 1.165) is 33.0 Å². The average Bonchev–Trinajstić information content (AvgIpc) is 3.34. The molecule has 5 N–H and O–H groups in total. The Labute approximate surface area is 209 Å². The summed E-state index contributed by atoms with van der Waals surface area (Å²) >= 11 is 0. The molecule has 1 atom stereocenters. The number of rotatable bonds is 19. The first-order valence-electron chi connectivity index (χ1n) is 13.0. The lowest BCUT2D eigenvalue weighted by Gasteiger charge is -2.28. The van der Waals surface area contributed by atoms with E-state index in [1.54, 1.807) is 6.34 Å². The Balaban J connectivity index is 0. The van der Waals surface area contributed by atoms with Crippen LogP contribution in [0.15, 0.2) is 4.99 Å². The van der Waals surface area contributed by atoms with Crippen LogP contribution in [0.5, 0.6) is 0 Å². The van der Waals surface area contributed by atoms with Gasteiger partial charge in [-0.25, -0.2) is 0 Å². The van der Waals surface area contributed by atoms with E-state index < -0.39 is 16.7 Å². The lowest BCUT2D eigenvalue weighted by atomic mass is 10.0. The summed E-state index contributed by atoms with van der Waals surface area (Å²) in [4.78, 5) is 6.15. The fraction of sp³-hybridized carbons (Fsp3) is 0.958. The fourth-order valence-electron chi connectivity index (χ4n) is 3.86. The van der Waals surface area contributed by atoms with Crippen LogP contribution < -0.4 is 5.73 Å². The molecule has 0 saturated heterocycles. The first-order valence-corrected chi connectivity index (χ1v) is 14.4. The highest BCUT2D eigenvalue weighted by Gasteiger charge is 2.23. The Morgan fingerprint density at radius 1 is 0.882 bits per heavy atom. The largest absolute Gasteiger partial charge is 0.397 e. The molecule has 0 aromatic heterocycles. The Morgan fingerprint density at radius 2 is 1.26 bits per heavy atom. The monoisotopic (exact) mass is 511 g/mol. The van der Waals surface area contributed by atoms with E-state index in [0.29, 0.717) is 0 Å². The van der Waals surface area contributed by atoms with Crippen molar-refractivity contribution in [3.63, 3.8) is 0 Å². The highest BCUT2D eigenvalue weighted by molar-refractivity contribution is 7.80. The molecule has 0 saturated carbocycles. The van der Waals surface area contributed by atoms with E-state index in [-0.39, 0.29) is 6.04 Å². The van der Waals surface area contributed by atoms with E-state index in [4.69, 9.17) is 4.55 Å². The van der Waals surface area contributed by atoms with Crippen molar-refractivity contribution in [2.45, 2.75) is 122 Å². The summed E-state index contributed by atoms with van der Waals surface area (Å²) in [5.74, 6) is 0. The predicted octanol–water partition coefficient (Wildman–Crippen LogP) is 4.28. The molecule has 1 aliphatic rings. The van der Waals surface area contributed by atoms with E-state index in [1.807, 2.05) is 4.90 Å². The molecule has 0 aromatic carbocycles. The SMILES string of the molecule is CCCCCCCCCCCCCCCCCC(C(O)O)N1C=NCC1.CN.COS(=O)(=O)O. The van der Waals surface area contributed by atoms with Crippen LogP contribution in [-0.4, -0.2) is 74.0 Å². The Morgan fingerprint density at radius 3 is 1.56 bits per heavy atom. The summed E-state index contributed by atoms with van der Waals surface area (Å²) in [6, 6.07) is -0.178. The number of aliphatic imine (C=N–C) groups is 1. The molecule has 0 bridgehead atoms. The molecule has 0 amide bonds. The van der Waals surface area contributed by atoms with Crippen molar-refractivity contribution >= 4 is 16.7 Å². The minimum Gasteiger partial charge on any atom is -0.366 e. The van der Waals surface area contributed by atoms with Gasteiger partial charge in [0, 0.05) is 6.54 Å². The van der Waals surface area contributed by atoms with Crippen LogP contribution >= 0.6 is 0 Å². The summed E-state index contributed by atoms with van der Waals surface area (Å²) < 4.78 is 29.7. The maximum absolute atomic E-state index is 9.54. The van der Waals surface area contributed by atoms with Crippen LogP contribution in [0, 0.1) is 0 Å². The highest BCUT2D eigenvalue weighted by Crippen LogP contribution is 2.16. The Kier molecular flexibility index (Phi) is 26.3. The fourth-order valence-corrected chi connectivity index (χ4v) is 3.86. The molecule has 0 aromatic rings. The molecule has 0 aliphatic carbocycles. The standard InChI is InChI=1S/C22H44N2O2.CH5N.CH4O4S/c1-2-3-4-5-6-7-8-9-10-11-12-13-14-15-16-17-21(22(25)26)24-19-18-23-20-24;1-2;1-5-6(2,3)4/h20-22,25-26H,2-19H2,1H3;2H2,1H3;1H3,(H,2,3,4). The summed E-state index contributed by atoms with van der Waals surface area (Å²) in [7, 11) is -1.79. The number of nitrogens with zero attached hydrogens (tertiary/aromatic N) is 2. The molecule has 206 valence electrons. The third kappa shape index (κ3) is 24.3. The van der Waals surface area contributed by atoms with E-state index in [1.165, 1.54) is 96.9 Å². The molecule has 0 spiro atoms. The van der Waals surface area contributed by atoms with Gasteiger partial charge in [-0.2, -0.15) is 8.42 Å². The predicted molar refractivity (Wildman–Crippen MR) is 140 cm³/mol. The van der Waals surface area contributed by atoms with Crippen LogP contribution in [0.2, 0.25) is 0 Å². The molecule has 0 fully saturated rings. The number of nitrogens with two attached hydrogens (primary N) is 1. The molecular formula is C24H53N3O6S. The molecule has 1 unspecified atom stereocenters. The third-order valence-corrected chi connectivity index (χ3v) is 6.22. The zero-order valence-corrected chi connectivity index (χ0v) is 22.7. The second kappa shape index (κ2) is 25.3. The Hall–Kier alpha value is -0.780.